The second-order valence-electron chi connectivity index (χ2n) is 2.82. The molecule has 0 aliphatic carbocycles. The van der Waals surface area contributed by atoms with E-state index >= 15 is 0 Å². The fraction of sp³-hybridized carbons (Fsp3) is 0.833. The number of carbonyl (C=O) groups is 1. The largest absolute Gasteiger partial charge is 0.479 e. The molecule has 7 nitrogen and oxygen atoms in total. The second kappa shape index (κ2) is 3.20. The first kappa shape index (κ1) is 10.4. The zero-order valence-corrected chi connectivity index (χ0v) is 6.49. The van der Waals surface area contributed by atoms with Crippen LogP contribution in [0.1, 0.15) is 0 Å². The van der Waals surface area contributed by atoms with Crippen molar-refractivity contribution in [3.05, 3.63) is 0 Å². The molecule has 7 heteroatoms. The van der Waals surface area contributed by atoms with Crippen LogP contribution in [0, 0.1) is 0 Å². The van der Waals surface area contributed by atoms with E-state index < -0.39 is 36.7 Å². The number of hydrogen-bond acceptors (Lipinski definition) is 6. The van der Waals surface area contributed by atoms with Crippen molar-refractivity contribution in [2.24, 2.45) is 0 Å². The molecule has 1 aliphatic rings. The molecule has 0 saturated carbocycles. The maximum atomic E-state index is 10.4. The number of carboxylic acid groups (broad SMARTS) is 1. The van der Waals surface area contributed by atoms with Gasteiger partial charge in [-0.1, -0.05) is 0 Å². The van der Waals surface area contributed by atoms with Crippen LogP contribution in [0.5, 0.6) is 0 Å². The molecule has 1 heterocycles. The van der Waals surface area contributed by atoms with Crippen molar-refractivity contribution < 1.29 is 35.1 Å². The molecular formula is C6H10O7. The van der Waals surface area contributed by atoms with Gasteiger partial charge in [-0.3, -0.25) is 0 Å². The lowest BCUT2D eigenvalue weighted by Gasteiger charge is -2.22. The maximum Gasteiger partial charge on any atom is 0.335 e. The smallest absolute Gasteiger partial charge is 0.335 e. The molecule has 5 N–H and O–H groups in total. The fourth-order valence-corrected chi connectivity index (χ4v) is 1.12. The Morgan fingerprint density at radius 3 is 2.23 bits per heavy atom. The van der Waals surface area contributed by atoms with Crippen LogP contribution < -0.4 is 0 Å². The van der Waals surface area contributed by atoms with Crippen LogP contribution in [0.25, 0.3) is 0 Å². The van der Waals surface area contributed by atoms with Crippen molar-refractivity contribution in [1.82, 2.24) is 0 Å². The van der Waals surface area contributed by atoms with Gasteiger partial charge in [0.1, 0.15) is 12.2 Å². The number of ether oxygens (including phenoxy) is 1. The Hall–Kier alpha value is -0.730. The average Bonchev–Trinajstić information content (AvgIpc) is 2.31. The van der Waals surface area contributed by atoms with Gasteiger partial charge in [-0.05, 0) is 0 Å². The summed E-state index contributed by atoms with van der Waals surface area (Å²) in [6.45, 7) is -0.991. The SMILES string of the molecule is O=C(O)[C@H]1OC(O)(CO)[C@@H](O)[C@@H]1O. The molecule has 0 aromatic rings. The molecule has 1 fully saturated rings. The van der Waals surface area contributed by atoms with Crippen molar-refractivity contribution in [3.63, 3.8) is 0 Å². The third kappa shape index (κ3) is 1.52. The Balaban J connectivity index is 2.84. The number of hydrogen-bond donors (Lipinski definition) is 5. The first-order valence-corrected chi connectivity index (χ1v) is 3.52. The number of aliphatic hydroxyl groups excluding tert-OH is 3. The lowest BCUT2D eigenvalue weighted by atomic mass is 10.1. The predicted octanol–water partition coefficient (Wildman–Crippen LogP) is -3.13. The highest BCUT2D eigenvalue weighted by atomic mass is 16.7. The lowest BCUT2D eigenvalue weighted by molar-refractivity contribution is -0.246. The van der Waals surface area contributed by atoms with E-state index in [1.54, 1.807) is 0 Å². The molecule has 13 heavy (non-hydrogen) atoms. The van der Waals surface area contributed by atoms with Crippen molar-refractivity contribution in [2.75, 3.05) is 6.61 Å². The van der Waals surface area contributed by atoms with Gasteiger partial charge in [0.2, 0.25) is 5.79 Å². The average molecular weight is 194 g/mol. The minimum atomic E-state index is -2.40. The van der Waals surface area contributed by atoms with E-state index in [4.69, 9.17) is 20.4 Å². The van der Waals surface area contributed by atoms with E-state index in [2.05, 4.69) is 4.74 Å². The van der Waals surface area contributed by atoms with Gasteiger partial charge < -0.3 is 30.3 Å². The van der Waals surface area contributed by atoms with Crippen LogP contribution in [0.3, 0.4) is 0 Å². The lowest BCUT2D eigenvalue weighted by Crippen LogP contribution is -2.46. The van der Waals surface area contributed by atoms with Gasteiger partial charge >= 0.3 is 5.97 Å². The summed E-state index contributed by atoms with van der Waals surface area (Å²) in [6.07, 6.45) is -5.32. The number of rotatable bonds is 2. The van der Waals surface area contributed by atoms with Gasteiger partial charge in [-0.25, -0.2) is 4.79 Å². The Kier molecular flexibility index (Phi) is 2.55. The van der Waals surface area contributed by atoms with Crippen LogP contribution in [-0.2, 0) is 9.53 Å². The van der Waals surface area contributed by atoms with E-state index in [0.29, 0.717) is 0 Å². The molecule has 0 aromatic carbocycles. The Labute approximate surface area is 72.8 Å². The second-order valence-corrected chi connectivity index (χ2v) is 2.82. The molecule has 0 radical (unpaired) electrons. The summed E-state index contributed by atoms with van der Waals surface area (Å²) < 4.78 is 4.39. The first-order valence-electron chi connectivity index (χ1n) is 3.52. The summed E-state index contributed by atoms with van der Waals surface area (Å²) >= 11 is 0. The van der Waals surface area contributed by atoms with Gasteiger partial charge in [-0.15, -0.1) is 0 Å². The molecule has 1 aliphatic heterocycles. The number of carboxylic acids is 1. The summed E-state index contributed by atoms with van der Waals surface area (Å²) in [5.41, 5.74) is 0. The van der Waals surface area contributed by atoms with E-state index in [1.807, 2.05) is 0 Å². The van der Waals surface area contributed by atoms with Crippen LogP contribution in [0.15, 0.2) is 0 Å². The molecule has 1 saturated heterocycles. The maximum absolute atomic E-state index is 10.4. The van der Waals surface area contributed by atoms with Crippen molar-refractivity contribution in [1.29, 1.82) is 0 Å². The fourth-order valence-electron chi connectivity index (χ4n) is 1.12. The highest BCUT2D eigenvalue weighted by Crippen LogP contribution is 2.28. The minimum absolute atomic E-state index is 0.991. The zero-order valence-electron chi connectivity index (χ0n) is 6.49. The molecule has 76 valence electrons. The van der Waals surface area contributed by atoms with Crippen LogP contribution in [-0.4, -0.2) is 62.2 Å². The Morgan fingerprint density at radius 2 is 2.00 bits per heavy atom. The molecule has 0 amide bonds. The number of aliphatic hydroxyl groups is 4. The third-order valence-corrected chi connectivity index (χ3v) is 1.90. The van der Waals surface area contributed by atoms with Crippen molar-refractivity contribution in [2.45, 2.75) is 24.1 Å². The summed E-state index contributed by atoms with van der Waals surface area (Å²) in [5.74, 6) is -3.92. The summed E-state index contributed by atoms with van der Waals surface area (Å²) in [7, 11) is 0. The number of aliphatic carboxylic acids is 1. The molecular weight excluding hydrogens is 184 g/mol. The zero-order chi connectivity index (χ0) is 10.2. The van der Waals surface area contributed by atoms with Crippen molar-refractivity contribution >= 4 is 5.97 Å². The van der Waals surface area contributed by atoms with Crippen LogP contribution in [0.4, 0.5) is 0 Å². The summed E-state index contributed by atoms with van der Waals surface area (Å²) in [5, 5.41) is 44.4. The first-order chi connectivity index (χ1) is 5.92. The summed E-state index contributed by atoms with van der Waals surface area (Å²) in [4.78, 5) is 10.4. The van der Waals surface area contributed by atoms with E-state index in [0.717, 1.165) is 0 Å². The van der Waals surface area contributed by atoms with Gasteiger partial charge in [0, 0.05) is 0 Å². The molecule has 0 bridgehead atoms. The van der Waals surface area contributed by atoms with Gasteiger partial charge in [-0.2, -0.15) is 0 Å². The van der Waals surface area contributed by atoms with Gasteiger partial charge in [0.05, 0.1) is 6.61 Å². The molecule has 4 atom stereocenters. The van der Waals surface area contributed by atoms with Gasteiger partial charge in [0.25, 0.3) is 0 Å². The van der Waals surface area contributed by atoms with E-state index in [9.17, 15) is 9.90 Å². The molecule has 0 aromatic heterocycles. The standard InChI is InChI=1S/C6H10O7/c7-1-6(12)4(9)2(8)3(13-6)5(10)11/h2-4,7-9,12H,1H2,(H,10,11)/t2-,3+,4+,6?/m1/s1. The summed E-state index contributed by atoms with van der Waals surface area (Å²) in [6, 6.07) is 0. The monoisotopic (exact) mass is 194 g/mol. The molecule has 1 unspecified atom stereocenters. The topological polar surface area (TPSA) is 127 Å². The highest BCUT2D eigenvalue weighted by Gasteiger charge is 2.55. The Bertz CT molecular complexity index is 217. The van der Waals surface area contributed by atoms with Crippen LogP contribution in [0.2, 0.25) is 0 Å². The van der Waals surface area contributed by atoms with Gasteiger partial charge in [0.15, 0.2) is 6.10 Å². The quantitative estimate of drug-likeness (QED) is 0.314. The predicted molar refractivity (Wildman–Crippen MR) is 36.6 cm³/mol. The third-order valence-electron chi connectivity index (χ3n) is 1.90. The molecule has 0 spiro atoms. The van der Waals surface area contributed by atoms with E-state index in [1.165, 1.54) is 0 Å². The highest BCUT2D eigenvalue weighted by molar-refractivity contribution is 5.73. The normalized spacial score (nSPS) is 45.1. The Morgan fingerprint density at radius 1 is 1.46 bits per heavy atom. The minimum Gasteiger partial charge on any atom is -0.479 e. The van der Waals surface area contributed by atoms with E-state index in [-0.39, 0.29) is 0 Å². The van der Waals surface area contributed by atoms with Crippen LogP contribution >= 0.6 is 0 Å². The molecule has 1 rings (SSSR count). The van der Waals surface area contributed by atoms with Crippen molar-refractivity contribution in [3.8, 4) is 0 Å².